The van der Waals surface area contributed by atoms with Gasteiger partial charge >= 0.3 is 0 Å². The van der Waals surface area contributed by atoms with Crippen molar-refractivity contribution in [2.75, 3.05) is 30.7 Å². The van der Waals surface area contributed by atoms with Crippen LogP contribution < -0.4 is 10.6 Å². The van der Waals surface area contributed by atoms with Crippen LogP contribution in [0.4, 0.5) is 5.69 Å². The number of amides is 2. The quantitative estimate of drug-likeness (QED) is 0.820. The number of hydrogen-bond donors (Lipinski definition) is 2. The van der Waals surface area contributed by atoms with Crippen LogP contribution >= 0.6 is 24.2 Å². The number of rotatable bonds is 1. The molecule has 1 aromatic carbocycles. The van der Waals surface area contributed by atoms with Crippen LogP contribution in [0.1, 0.15) is 23.7 Å². The van der Waals surface area contributed by atoms with E-state index in [0.717, 1.165) is 36.0 Å². The third-order valence-corrected chi connectivity index (χ3v) is 4.92. The highest BCUT2D eigenvalue weighted by Crippen LogP contribution is 2.31. The van der Waals surface area contributed by atoms with E-state index in [9.17, 15) is 9.59 Å². The lowest BCUT2D eigenvalue weighted by molar-refractivity contribution is -0.115. The number of piperazine rings is 1. The first kappa shape index (κ1) is 17.1. The molecular formula is C15H20ClN3O2S. The molecule has 1 saturated heterocycles. The van der Waals surface area contributed by atoms with Crippen molar-refractivity contribution in [3.63, 3.8) is 0 Å². The van der Waals surface area contributed by atoms with E-state index in [1.165, 1.54) is 0 Å². The van der Waals surface area contributed by atoms with Crippen molar-refractivity contribution >= 4 is 41.7 Å². The zero-order valence-electron chi connectivity index (χ0n) is 12.4. The summed E-state index contributed by atoms with van der Waals surface area (Å²) in [5.74, 6) is 0.831. The molecular weight excluding hydrogens is 322 g/mol. The minimum absolute atomic E-state index is 0. The third-order valence-electron chi connectivity index (χ3n) is 3.85. The van der Waals surface area contributed by atoms with Gasteiger partial charge in [-0.1, -0.05) is 0 Å². The molecule has 0 radical (unpaired) electrons. The molecule has 3 rings (SSSR count). The highest BCUT2D eigenvalue weighted by Gasteiger charge is 2.25. The lowest BCUT2D eigenvalue weighted by Crippen LogP contribution is -2.52. The average Bonchev–Trinajstić information content (AvgIpc) is 2.66. The number of halogens is 1. The van der Waals surface area contributed by atoms with Gasteiger partial charge in [-0.15, -0.1) is 24.2 Å². The molecule has 2 aliphatic heterocycles. The summed E-state index contributed by atoms with van der Waals surface area (Å²) in [6, 6.07) is 5.79. The maximum Gasteiger partial charge on any atom is 0.254 e. The maximum atomic E-state index is 12.6. The summed E-state index contributed by atoms with van der Waals surface area (Å²) < 4.78 is 0. The third kappa shape index (κ3) is 3.56. The summed E-state index contributed by atoms with van der Waals surface area (Å²) >= 11 is 1.65. The van der Waals surface area contributed by atoms with Crippen molar-refractivity contribution in [2.45, 2.75) is 24.3 Å². The Kier molecular flexibility index (Phi) is 5.72. The molecule has 120 valence electrons. The van der Waals surface area contributed by atoms with Gasteiger partial charge in [0.05, 0.1) is 5.69 Å². The fourth-order valence-electron chi connectivity index (χ4n) is 2.66. The van der Waals surface area contributed by atoms with E-state index >= 15 is 0 Å². The zero-order chi connectivity index (χ0) is 14.8. The number of carbonyl (C=O) groups is 2. The van der Waals surface area contributed by atoms with Gasteiger partial charge in [-0.3, -0.25) is 9.59 Å². The minimum atomic E-state index is 0. The van der Waals surface area contributed by atoms with Gasteiger partial charge in [0.1, 0.15) is 0 Å². The number of fused-ring (bicyclic) bond motifs is 1. The molecule has 1 fully saturated rings. The van der Waals surface area contributed by atoms with E-state index in [-0.39, 0.29) is 30.3 Å². The summed E-state index contributed by atoms with van der Waals surface area (Å²) in [5, 5.41) is 6.17. The molecule has 2 aliphatic rings. The van der Waals surface area contributed by atoms with Crippen LogP contribution in [0.2, 0.25) is 0 Å². The molecule has 0 saturated carbocycles. The second kappa shape index (κ2) is 7.35. The van der Waals surface area contributed by atoms with Gasteiger partial charge in [-0.25, -0.2) is 0 Å². The van der Waals surface area contributed by atoms with Crippen LogP contribution in [-0.4, -0.2) is 48.1 Å². The molecule has 2 N–H and O–H groups in total. The fourth-order valence-corrected chi connectivity index (χ4v) is 3.60. The topological polar surface area (TPSA) is 61.4 Å². The number of thioether (sulfide) groups is 1. The highest BCUT2D eigenvalue weighted by atomic mass is 35.5. The number of nitrogens with zero attached hydrogens (tertiary/aromatic N) is 1. The summed E-state index contributed by atoms with van der Waals surface area (Å²) in [5.41, 5.74) is 1.40. The molecule has 0 aliphatic carbocycles. The van der Waals surface area contributed by atoms with Gasteiger partial charge in [0, 0.05) is 48.3 Å². The molecule has 0 unspecified atom stereocenters. The SMILES string of the molecule is C[C@H]1CNCCN1C(=O)c1ccc2c(c1)NC(=O)CCS2.Cl. The monoisotopic (exact) mass is 341 g/mol. The summed E-state index contributed by atoms with van der Waals surface area (Å²) in [4.78, 5) is 27.2. The zero-order valence-corrected chi connectivity index (χ0v) is 14.1. The van der Waals surface area contributed by atoms with E-state index in [0.29, 0.717) is 12.0 Å². The van der Waals surface area contributed by atoms with Gasteiger partial charge in [0.25, 0.3) is 5.91 Å². The van der Waals surface area contributed by atoms with Crippen LogP contribution in [-0.2, 0) is 4.79 Å². The van der Waals surface area contributed by atoms with Crippen molar-refractivity contribution in [3.8, 4) is 0 Å². The number of nitrogens with one attached hydrogen (secondary N) is 2. The largest absolute Gasteiger partial charge is 0.333 e. The Bertz CT molecular complexity index is 582. The first-order valence-corrected chi connectivity index (χ1v) is 8.22. The Morgan fingerprint density at radius 1 is 1.41 bits per heavy atom. The summed E-state index contributed by atoms with van der Waals surface area (Å²) in [7, 11) is 0. The molecule has 1 aromatic rings. The lowest BCUT2D eigenvalue weighted by atomic mass is 10.1. The van der Waals surface area contributed by atoms with Crippen LogP contribution in [0.3, 0.4) is 0 Å². The molecule has 2 heterocycles. The van der Waals surface area contributed by atoms with E-state index < -0.39 is 0 Å². The van der Waals surface area contributed by atoms with Gasteiger partial charge in [0.15, 0.2) is 0 Å². The number of carbonyl (C=O) groups excluding carboxylic acids is 2. The number of anilines is 1. The Hall–Kier alpha value is -1.24. The van der Waals surface area contributed by atoms with Crippen LogP contribution in [0.5, 0.6) is 0 Å². The number of benzene rings is 1. The lowest BCUT2D eigenvalue weighted by Gasteiger charge is -2.34. The molecule has 22 heavy (non-hydrogen) atoms. The predicted molar refractivity (Wildman–Crippen MR) is 91.0 cm³/mol. The molecule has 5 nitrogen and oxygen atoms in total. The van der Waals surface area contributed by atoms with Crippen molar-refractivity contribution < 1.29 is 9.59 Å². The van der Waals surface area contributed by atoms with Crippen LogP contribution in [0.15, 0.2) is 23.1 Å². The molecule has 1 atom stereocenters. The first-order valence-electron chi connectivity index (χ1n) is 7.23. The second-order valence-electron chi connectivity index (χ2n) is 5.41. The smallest absolute Gasteiger partial charge is 0.254 e. The second-order valence-corrected chi connectivity index (χ2v) is 6.55. The van der Waals surface area contributed by atoms with Gasteiger partial charge in [0.2, 0.25) is 5.91 Å². The highest BCUT2D eigenvalue weighted by molar-refractivity contribution is 7.99. The Labute approximate surface area is 140 Å². The van der Waals surface area contributed by atoms with E-state index in [2.05, 4.69) is 10.6 Å². The molecule has 7 heteroatoms. The van der Waals surface area contributed by atoms with Crippen LogP contribution in [0, 0.1) is 0 Å². The molecule has 2 amide bonds. The Balaban J connectivity index is 0.00000176. The summed E-state index contributed by atoms with van der Waals surface area (Å²) in [6.07, 6.45) is 0.511. The van der Waals surface area contributed by atoms with Crippen molar-refractivity contribution in [2.24, 2.45) is 0 Å². The minimum Gasteiger partial charge on any atom is -0.333 e. The first-order chi connectivity index (χ1) is 10.1. The van der Waals surface area contributed by atoms with Gasteiger partial charge in [-0.05, 0) is 25.1 Å². The standard InChI is InChI=1S/C15H19N3O2S.ClH/c1-10-9-16-5-6-18(10)15(20)11-2-3-13-12(8-11)17-14(19)4-7-21-13;/h2-3,8,10,16H,4-7,9H2,1H3,(H,17,19);1H/t10-;/m0./s1. The van der Waals surface area contributed by atoms with Crippen molar-refractivity contribution in [1.82, 2.24) is 10.2 Å². The van der Waals surface area contributed by atoms with Crippen molar-refractivity contribution in [3.05, 3.63) is 23.8 Å². The molecule has 0 bridgehead atoms. The van der Waals surface area contributed by atoms with Crippen molar-refractivity contribution in [1.29, 1.82) is 0 Å². The summed E-state index contributed by atoms with van der Waals surface area (Å²) in [6.45, 7) is 4.42. The molecule has 0 spiro atoms. The maximum absolute atomic E-state index is 12.6. The number of hydrogen-bond acceptors (Lipinski definition) is 4. The van der Waals surface area contributed by atoms with E-state index in [1.807, 2.05) is 30.0 Å². The van der Waals surface area contributed by atoms with Gasteiger partial charge in [-0.2, -0.15) is 0 Å². The Morgan fingerprint density at radius 3 is 3.00 bits per heavy atom. The van der Waals surface area contributed by atoms with Crippen LogP contribution in [0.25, 0.3) is 0 Å². The average molecular weight is 342 g/mol. The predicted octanol–water partition coefficient (Wildman–Crippen LogP) is 1.98. The fraction of sp³-hybridized carbons (Fsp3) is 0.467. The van der Waals surface area contributed by atoms with E-state index in [4.69, 9.17) is 0 Å². The normalized spacial score (nSPS) is 21.2. The molecule has 0 aromatic heterocycles. The van der Waals surface area contributed by atoms with E-state index in [1.54, 1.807) is 11.8 Å². The van der Waals surface area contributed by atoms with Gasteiger partial charge < -0.3 is 15.5 Å². The Morgan fingerprint density at radius 2 is 2.23 bits per heavy atom.